The van der Waals surface area contributed by atoms with Crippen LogP contribution in [-0.4, -0.2) is 0 Å². The summed E-state index contributed by atoms with van der Waals surface area (Å²) in [5.74, 6) is 0. The molecule has 0 aliphatic carbocycles. The molecule has 0 amide bonds. The minimum absolute atomic E-state index is 1.25. The maximum Gasteiger partial charge on any atom is -0.00668 e. The average molecular weight is 881 g/mol. The maximum atomic E-state index is 2.37. The topological polar surface area (TPSA) is 0 Å². The van der Waals surface area contributed by atoms with Gasteiger partial charge in [0.05, 0.1) is 0 Å². The quantitative estimate of drug-likeness (QED) is 0.155. The van der Waals surface area contributed by atoms with Crippen LogP contribution in [0, 0.1) is 83.1 Å². The van der Waals surface area contributed by atoms with Gasteiger partial charge in [-0.05, 0) is 220 Å². The molecule has 0 heterocycles. The van der Waals surface area contributed by atoms with Gasteiger partial charge in [0.15, 0.2) is 0 Å². The first-order chi connectivity index (χ1) is 32.7. The monoisotopic (exact) mass is 881 g/mol. The van der Waals surface area contributed by atoms with E-state index in [1.807, 2.05) is 0 Å². The standard InChI is InChI=1S/C28H26.C22H20.C18H18/c1-19-6-5-7-27(16-19)25-12-8-23(9-13-25)24-10-14-26(15-11-24)28-17-20(2)22(4)21(3)18-28;1-13-9-10-18-17-7-5-6-8-19(17)22-16(4)15(3)14(2)12-21(22)20(18)11-13;1-11-5-6-15-7-8-16-14(4)13(3)12(2)10-18(16)17(15)9-11/h5-18H,1-4H3;5-12H,1-4H3;5-10H,1-4H3. The first-order valence-corrected chi connectivity index (χ1v) is 24.2. The van der Waals surface area contributed by atoms with Crippen LogP contribution in [0.25, 0.3) is 87.2 Å². The molecule has 11 aromatic rings. The van der Waals surface area contributed by atoms with Crippen molar-refractivity contribution in [2.45, 2.75) is 83.1 Å². The highest BCUT2D eigenvalue weighted by Gasteiger charge is 2.14. The molecule has 0 aliphatic rings. The van der Waals surface area contributed by atoms with E-state index in [9.17, 15) is 0 Å². The Morgan fingerprint density at radius 2 is 0.647 bits per heavy atom. The van der Waals surface area contributed by atoms with E-state index in [-0.39, 0.29) is 0 Å². The zero-order chi connectivity index (χ0) is 48.0. The van der Waals surface area contributed by atoms with Crippen LogP contribution in [-0.2, 0) is 0 Å². The molecular weight excluding hydrogens is 817 g/mol. The smallest absolute Gasteiger partial charge is 0.00668 e. The van der Waals surface area contributed by atoms with Gasteiger partial charge in [-0.15, -0.1) is 0 Å². The molecule has 0 aromatic heterocycles. The van der Waals surface area contributed by atoms with Gasteiger partial charge < -0.3 is 0 Å². The molecule has 0 bridgehead atoms. The van der Waals surface area contributed by atoms with Gasteiger partial charge in [0.1, 0.15) is 0 Å². The van der Waals surface area contributed by atoms with Crippen LogP contribution >= 0.6 is 0 Å². The normalized spacial score (nSPS) is 11.2. The fourth-order valence-electron chi connectivity index (χ4n) is 10.2. The Morgan fingerprint density at radius 3 is 1.26 bits per heavy atom. The largest absolute Gasteiger partial charge is 0.0616 e. The number of rotatable bonds is 3. The molecule has 0 atom stereocenters. The van der Waals surface area contributed by atoms with Gasteiger partial charge in [-0.25, -0.2) is 0 Å². The molecule has 0 aliphatic heterocycles. The Labute approximate surface area is 405 Å². The van der Waals surface area contributed by atoms with Gasteiger partial charge >= 0.3 is 0 Å². The van der Waals surface area contributed by atoms with E-state index in [1.165, 1.54) is 154 Å². The van der Waals surface area contributed by atoms with Crippen molar-refractivity contribution in [3.8, 4) is 33.4 Å². The summed E-state index contributed by atoms with van der Waals surface area (Å²) in [6.45, 7) is 26.4. The predicted octanol–water partition coefficient (Wildman–Crippen LogP) is 19.5. The Balaban J connectivity index is 0.000000131. The van der Waals surface area contributed by atoms with Crippen molar-refractivity contribution in [2.75, 3.05) is 0 Å². The second-order valence-corrected chi connectivity index (χ2v) is 19.5. The Hall–Kier alpha value is -7.28. The minimum Gasteiger partial charge on any atom is -0.0616 e. The molecule has 0 saturated heterocycles. The Morgan fingerprint density at radius 1 is 0.206 bits per heavy atom. The van der Waals surface area contributed by atoms with Crippen molar-refractivity contribution < 1.29 is 0 Å². The second-order valence-electron chi connectivity index (χ2n) is 19.5. The molecule has 68 heavy (non-hydrogen) atoms. The summed E-state index contributed by atoms with van der Waals surface area (Å²) < 4.78 is 0. The third-order valence-electron chi connectivity index (χ3n) is 15.0. The summed E-state index contributed by atoms with van der Waals surface area (Å²) in [6, 6.07) is 62.5. The third kappa shape index (κ3) is 8.85. The van der Waals surface area contributed by atoms with Crippen LogP contribution in [0.3, 0.4) is 0 Å². The van der Waals surface area contributed by atoms with E-state index in [2.05, 4.69) is 253 Å². The highest BCUT2D eigenvalue weighted by Crippen LogP contribution is 2.39. The first kappa shape index (κ1) is 45.9. The summed E-state index contributed by atoms with van der Waals surface area (Å²) >= 11 is 0. The summed E-state index contributed by atoms with van der Waals surface area (Å²) in [6.07, 6.45) is 0. The SMILES string of the molecule is Cc1ccc2c3ccccc3c3c(C)c(C)c(C)cc3c2c1.Cc1ccc2ccc3c(C)c(C)c(C)cc3c2c1.Cc1cccc(-c2ccc(-c3ccc(-c4cc(C)c(C)c(C)c4)cc3)cc2)c1. The molecular formula is C68H64. The molecule has 0 spiro atoms. The van der Waals surface area contributed by atoms with Crippen LogP contribution < -0.4 is 0 Å². The number of hydrogen-bond donors (Lipinski definition) is 0. The molecule has 336 valence electrons. The van der Waals surface area contributed by atoms with E-state index < -0.39 is 0 Å². The van der Waals surface area contributed by atoms with Gasteiger partial charge in [-0.1, -0.05) is 187 Å². The van der Waals surface area contributed by atoms with E-state index in [0.717, 1.165) is 0 Å². The summed E-state index contributed by atoms with van der Waals surface area (Å²) in [7, 11) is 0. The molecule has 0 N–H and O–H groups in total. The summed E-state index contributed by atoms with van der Waals surface area (Å²) in [5, 5.41) is 13.7. The maximum absolute atomic E-state index is 2.37. The second kappa shape index (κ2) is 18.8. The van der Waals surface area contributed by atoms with E-state index in [0.29, 0.717) is 0 Å². The van der Waals surface area contributed by atoms with Gasteiger partial charge in [-0.2, -0.15) is 0 Å². The van der Waals surface area contributed by atoms with Crippen LogP contribution in [0.4, 0.5) is 0 Å². The van der Waals surface area contributed by atoms with Gasteiger partial charge in [0, 0.05) is 0 Å². The first-order valence-electron chi connectivity index (χ1n) is 24.2. The molecule has 11 aromatic carbocycles. The number of hydrogen-bond acceptors (Lipinski definition) is 0. The zero-order valence-corrected chi connectivity index (χ0v) is 42.2. The summed E-state index contributed by atoms with van der Waals surface area (Å²) in [5.41, 5.74) is 24.0. The fraction of sp³-hybridized carbons (Fsp3) is 0.176. The molecule has 11 rings (SSSR count). The van der Waals surface area contributed by atoms with Gasteiger partial charge in [0.25, 0.3) is 0 Å². The average Bonchev–Trinajstić information content (AvgIpc) is 3.34. The van der Waals surface area contributed by atoms with Gasteiger partial charge in [-0.3, -0.25) is 0 Å². The molecule has 0 nitrogen and oxygen atoms in total. The van der Waals surface area contributed by atoms with Crippen LogP contribution in [0.15, 0.2) is 170 Å². The lowest BCUT2D eigenvalue weighted by molar-refractivity contribution is 1.27. The lowest BCUT2D eigenvalue weighted by Crippen LogP contribution is -1.92. The Bertz CT molecular complexity index is 3690. The van der Waals surface area contributed by atoms with Crippen LogP contribution in [0.2, 0.25) is 0 Å². The van der Waals surface area contributed by atoms with Crippen LogP contribution in [0.1, 0.15) is 66.8 Å². The summed E-state index contributed by atoms with van der Waals surface area (Å²) in [4.78, 5) is 0. The lowest BCUT2D eigenvalue weighted by Gasteiger charge is -2.16. The highest BCUT2D eigenvalue weighted by molar-refractivity contribution is 6.26. The van der Waals surface area contributed by atoms with Crippen molar-refractivity contribution in [2.24, 2.45) is 0 Å². The third-order valence-corrected chi connectivity index (χ3v) is 15.0. The van der Waals surface area contributed by atoms with Crippen molar-refractivity contribution in [3.05, 3.63) is 237 Å². The molecule has 0 unspecified atom stereocenters. The molecule has 0 heteroatoms. The van der Waals surface area contributed by atoms with Gasteiger partial charge in [0.2, 0.25) is 0 Å². The van der Waals surface area contributed by atoms with Crippen molar-refractivity contribution >= 4 is 53.9 Å². The highest BCUT2D eigenvalue weighted by atomic mass is 14.2. The van der Waals surface area contributed by atoms with Crippen LogP contribution in [0.5, 0.6) is 0 Å². The fourth-order valence-corrected chi connectivity index (χ4v) is 10.2. The number of benzene rings is 11. The van der Waals surface area contributed by atoms with Crippen molar-refractivity contribution in [3.63, 3.8) is 0 Å². The molecule has 0 radical (unpaired) electrons. The van der Waals surface area contributed by atoms with Crippen molar-refractivity contribution in [1.29, 1.82) is 0 Å². The Kier molecular flexibility index (Phi) is 12.7. The molecule has 0 saturated carbocycles. The minimum atomic E-state index is 1.25. The van der Waals surface area contributed by atoms with E-state index >= 15 is 0 Å². The van der Waals surface area contributed by atoms with E-state index in [1.54, 1.807) is 0 Å². The molecule has 0 fully saturated rings. The number of aryl methyl sites for hydroxylation is 9. The van der Waals surface area contributed by atoms with Crippen molar-refractivity contribution in [1.82, 2.24) is 0 Å². The predicted molar refractivity (Wildman–Crippen MR) is 300 cm³/mol. The lowest BCUT2D eigenvalue weighted by atomic mass is 9.88. The zero-order valence-electron chi connectivity index (χ0n) is 42.2. The number of fused-ring (bicyclic) bond motifs is 9. The van der Waals surface area contributed by atoms with E-state index in [4.69, 9.17) is 0 Å².